The molecule has 2 aliphatic rings. The number of hydrogen-bond donors (Lipinski definition) is 1. The van der Waals surface area contributed by atoms with E-state index in [4.69, 9.17) is 0 Å². The van der Waals surface area contributed by atoms with Crippen molar-refractivity contribution in [2.45, 2.75) is 0 Å². The number of carboxylic acids is 1. The Balaban J connectivity index is 0.000000289. The molecule has 0 radical (unpaired) electrons. The van der Waals surface area contributed by atoms with E-state index in [-0.39, 0.29) is 16.9 Å². The first kappa shape index (κ1) is 18.8. The molecule has 0 aliphatic heterocycles. The van der Waals surface area contributed by atoms with E-state index in [1.165, 1.54) is 17.2 Å². The summed E-state index contributed by atoms with van der Waals surface area (Å²) in [6.07, 6.45) is 0. The van der Waals surface area contributed by atoms with Gasteiger partial charge in [0.05, 0.1) is 5.56 Å². The number of carboxylic acid groups (broad SMARTS) is 1. The molecule has 0 spiro atoms. The lowest BCUT2D eigenvalue weighted by Gasteiger charge is -2.10. The van der Waals surface area contributed by atoms with E-state index in [0.717, 1.165) is 21.5 Å². The van der Waals surface area contributed by atoms with Gasteiger partial charge in [0.25, 0.3) is 0 Å². The van der Waals surface area contributed by atoms with Gasteiger partial charge in [-0.25, -0.2) is 4.79 Å². The van der Waals surface area contributed by atoms with Crippen molar-refractivity contribution < 1.29 is 14.7 Å². The fourth-order valence-corrected chi connectivity index (χ4v) is 3.84. The molecule has 0 heterocycles. The number of fused-ring (bicyclic) bond motifs is 3. The van der Waals surface area contributed by atoms with Crippen molar-refractivity contribution >= 4 is 33.3 Å². The molecule has 0 amide bonds. The van der Waals surface area contributed by atoms with E-state index in [1.54, 1.807) is 24.3 Å². The van der Waals surface area contributed by atoms with Crippen LogP contribution in [0.4, 0.5) is 0 Å². The largest absolute Gasteiger partial charge is 0.478 e. The van der Waals surface area contributed by atoms with Crippen molar-refractivity contribution in [3.63, 3.8) is 0 Å². The lowest BCUT2D eigenvalue weighted by atomic mass is 9.93. The Morgan fingerprint density at radius 1 is 0.516 bits per heavy atom. The van der Waals surface area contributed by atoms with Crippen LogP contribution < -0.4 is 0 Å². The topological polar surface area (TPSA) is 54.4 Å². The standard InChI is InChI=1S/C22H14O3.C6H4/c23-21(17-9-3-4-10-19(17)22(24)25)18-11-5-8-16-12-14-6-1-2-7-15(14)13-20(16)18;1-2-6-4-3-5(1)6/h1-13H,(H,24,25);1-4H. The fourth-order valence-electron chi connectivity index (χ4n) is 3.84. The predicted octanol–water partition coefficient (Wildman–Crippen LogP) is 6.59. The third-order valence-electron chi connectivity index (χ3n) is 5.61. The number of rotatable bonds is 3. The van der Waals surface area contributed by atoms with E-state index < -0.39 is 5.97 Å². The van der Waals surface area contributed by atoms with Crippen LogP contribution in [0, 0.1) is 0 Å². The Hall–Kier alpha value is -4.24. The average Bonchev–Trinajstić information content (AvgIpc) is 2.79. The highest BCUT2D eigenvalue weighted by Gasteiger charge is 2.19. The molecule has 148 valence electrons. The van der Waals surface area contributed by atoms with Crippen LogP contribution in [0.15, 0.2) is 103 Å². The first-order chi connectivity index (χ1) is 15.1. The van der Waals surface area contributed by atoms with Gasteiger partial charge in [0.2, 0.25) is 0 Å². The van der Waals surface area contributed by atoms with Crippen molar-refractivity contribution in [1.29, 1.82) is 0 Å². The van der Waals surface area contributed by atoms with Crippen molar-refractivity contribution in [3.8, 4) is 11.1 Å². The SMILES string of the molecule is O=C(O)c1ccccc1C(=O)c1cccc2cc3ccccc3cc12.c1cc2ccc1-2. The zero-order valence-corrected chi connectivity index (χ0v) is 16.6. The van der Waals surface area contributed by atoms with E-state index in [2.05, 4.69) is 24.3 Å². The number of aromatic carboxylic acids is 1. The lowest BCUT2D eigenvalue weighted by molar-refractivity contribution is 0.0693. The van der Waals surface area contributed by atoms with Gasteiger partial charge in [-0.3, -0.25) is 4.79 Å². The summed E-state index contributed by atoms with van der Waals surface area (Å²) in [7, 11) is 0. The molecular weight excluding hydrogens is 384 g/mol. The summed E-state index contributed by atoms with van der Waals surface area (Å²) >= 11 is 0. The molecule has 0 fully saturated rings. The molecule has 3 nitrogen and oxygen atoms in total. The lowest BCUT2D eigenvalue weighted by Crippen LogP contribution is -2.09. The van der Waals surface area contributed by atoms with Gasteiger partial charge in [-0.05, 0) is 50.9 Å². The molecular formula is C28H18O3. The van der Waals surface area contributed by atoms with Crippen molar-refractivity contribution in [3.05, 3.63) is 120 Å². The molecule has 0 saturated carbocycles. The van der Waals surface area contributed by atoms with Crippen LogP contribution >= 0.6 is 0 Å². The molecule has 3 heteroatoms. The molecule has 4 aromatic carbocycles. The van der Waals surface area contributed by atoms with Gasteiger partial charge < -0.3 is 5.11 Å². The maximum absolute atomic E-state index is 13.1. The first-order valence-corrected chi connectivity index (χ1v) is 10.0. The maximum Gasteiger partial charge on any atom is 0.336 e. The van der Waals surface area contributed by atoms with Crippen LogP contribution in [0.2, 0.25) is 0 Å². The third kappa shape index (κ3) is 3.36. The minimum absolute atomic E-state index is 0.0188. The van der Waals surface area contributed by atoms with Gasteiger partial charge in [-0.15, -0.1) is 0 Å². The monoisotopic (exact) mass is 402 g/mol. The minimum Gasteiger partial charge on any atom is -0.478 e. The molecule has 1 N–H and O–H groups in total. The molecule has 4 aromatic rings. The Kier molecular flexibility index (Phi) is 4.57. The first-order valence-electron chi connectivity index (χ1n) is 10.0. The van der Waals surface area contributed by atoms with E-state index in [9.17, 15) is 14.7 Å². The highest BCUT2D eigenvalue weighted by Crippen LogP contribution is 2.29. The van der Waals surface area contributed by atoms with Gasteiger partial charge in [-0.1, -0.05) is 84.9 Å². The second-order valence-electron chi connectivity index (χ2n) is 7.48. The zero-order chi connectivity index (χ0) is 21.4. The summed E-state index contributed by atoms with van der Waals surface area (Å²) in [5.41, 5.74) is 3.59. The minimum atomic E-state index is -1.10. The molecule has 2 aliphatic carbocycles. The van der Waals surface area contributed by atoms with Crippen molar-refractivity contribution in [1.82, 2.24) is 0 Å². The molecule has 0 atom stereocenters. The summed E-state index contributed by atoms with van der Waals surface area (Å²) < 4.78 is 0. The Bertz CT molecular complexity index is 1440. The summed E-state index contributed by atoms with van der Waals surface area (Å²) in [6, 6.07) is 32.3. The predicted molar refractivity (Wildman–Crippen MR) is 124 cm³/mol. The molecule has 0 unspecified atom stereocenters. The number of hydrogen-bond acceptors (Lipinski definition) is 2. The van der Waals surface area contributed by atoms with Gasteiger partial charge in [0.1, 0.15) is 0 Å². The summed E-state index contributed by atoms with van der Waals surface area (Å²) in [4.78, 5) is 24.5. The van der Waals surface area contributed by atoms with Gasteiger partial charge in [0, 0.05) is 11.1 Å². The van der Waals surface area contributed by atoms with Gasteiger partial charge >= 0.3 is 5.97 Å². The third-order valence-corrected chi connectivity index (χ3v) is 5.61. The Morgan fingerprint density at radius 2 is 1.03 bits per heavy atom. The molecule has 6 rings (SSSR count). The van der Waals surface area contributed by atoms with Crippen LogP contribution in [-0.4, -0.2) is 16.9 Å². The zero-order valence-electron chi connectivity index (χ0n) is 16.6. The van der Waals surface area contributed by atoms with E-state index in [1.807, 2.05) is 48.5 Å². The summed E-state index contributed by atoms with van der Waals surface area (Å²) in [5.74, 6) is -1.38. The summed E-state index contributed by atoms with van der Waals surface area (Å²) in [5, 5.41) is 13.3. The quantitative estimate of drug-likeness (QED) is 0.268. The Morgan fingerprint density at radius 3 is 1.61 bits per heavy atom. The normalized spacial score (nSPS) is 11.0. The molecule has 0 saturated heterocycles. The number of benzene rings is 5. The van der Waals surface area contributed by atoms with E-state index >= 15 is 0 Å². The second kappa shape index (κ2) is 7.54. The van der Waals surface area contributed by atoms with Gasteiger partial charge in [-0.2, -0.15) is 0 Å². The number of carbonyl (C=O) groups excluding carboxylic acids is 1. The van der Waals surface area contributed by atoms with E-state index in [0.29, 0.717) is 5.56 Å². The molecule has 31 heavy (non-hydrogen) atoms. The average molecular weight is 402 g/mol. The highest BCUT2D eigenvalue weighted by atomic mass is 16.4. The highest BCUT2D eigenvalue weighted by molar-refractivity contribution is 6.20. The van der Waals surface area contributed by atoms with Gasteiger partial charge in [0.15, 0.2) is 5.78 Å². The van der Waals surface area contributed by atoms with Crippen LogP contribution in [0.3, 0.4) is 0 Å². The molecule has 0 aromatic heterocycles. The van der Waals surface area contributed by atoms with Crippen LogP contribution in [-0.2, 0) is 0 Å². The second-order valence-corrected chi connectivity index (χ2v) is 7.48. The van der Waals surface area contributed by atoms with Crippen LogP contribution in [0.1, 0.15) is 26.3 Å². The number of carbonyl (C=O) groups is 2. The smallest absolute Gasteiger partial charge is 0.336 e. The van der Waals surface area contributed by atoms with Crippen molar-refractivity contribution in [2.24, 2.45) is 0 Å². The van der Waals surface area contributed by atoms with Crippen LogP contribution in [0.25, 0.3) is 32.7 Å². The fraction of sp³-hybridized carbons (Fsp3) is 0. The van der Waals surface area contributed by atoms with Crippen molar-refractivity contribution in [2.75, 3.05) is 0 Å². The Labute approximate surface area is 179 Å². The summed E-state index contributed by atoms with van der Waals surface area (Å²) in [6.45, 7) is 0. The number of ketones is 1. The maximum atomic E-state index is 13.1. The van der Waals surface area contributed by atoms with Crippen LogP contribution in [0.5, 0.6) is 0 Å². The molecule has 0 bridgehead atoms.